The van der Waals surface area contributed by atoms with Gasteiger partial charge in [-0.2, -0.15) is 0 Å². The summed E-state index contributed by atoms with van der Waals surface area (Å²) in [6, 6.07) is 2.75. The third-order valence-electron chi connectivity index (χ3n) is 3.33. The third kappa shape index (κ3) is 4.20. The molecule has 5 heteroatoms. The van der Waals surface area contributed by atoms with E-state index in [1.54, 1.807) is 6.92 Å². The topological polar surface area (TPSA) is 58.4 Å². The lowest BCUT2D eigenvalue weighted by Crippen LogP contribution is -2.45. The summed E-state index contributed by atoms with van der Waals surface area (Å²) < 4.78 is 13.6. The number of hydrogen-bond acceptors (Lipinski definition) is 3. The Bertz CT molecular complexity index is 463. The van der Waals surface area contributed by atoms with Crippen LogP contribution >= 0.6 is 0 Å². The van der Waals surface area contributed by atoms with Crippen molar-refractivity contribution in [1.29, 1.82) is 0 Å². The highest BCUT2D eigenvalue weighted by Crippen LogP contribution is 2.18. The average Bonchev–Trinajstić information content (AvgIpc) is 2.33. The molecule has 3 N–H and O–H groups in total. The largest absolute Gasteiger partial charge is 0.398 e. The Morgan fingerprint density at radius 3 is 2.45 bits per heavy atom. The molecule has 1 atom stereocenters. The van der Waals surface area contributed by atoms with Crippen molar-refractivity contribution in [3.8, 4) is 0 Å². The number of benzene rings is 1. The number of halogens is 1. The van der Waals surface area contributed by atoms with E-state index in [2.05, 4.69) is 5.32 Å². The zero-order chi connectivity index (χ0) is 15.4. The molecule has 0 radical (unpaired) electrons. The molecular weight excluding hydrogens is 257 g/mol. The van der Waals surface area contributed by atoms with Gasteiger partial charge >= 0.3 is 0 Å². The lowest BCUT2D eigenvalue weighted by Gasteiger charge is -2.25. The quantitative estimate of drug-likeness (QED) is 0.812. The maximum absolute atomic E-state index is 13.6. The lowest BCUT2D eigenvalue weighted by molar-refractivity contribution is 0.0916. The van der Waals surface area contributed by atoms with Gasteiger partial charge in [0.05, 0.1) is 0 Å². The van der Waals surface area contributed by atoms with E-state index >= 15 is 0 Å². The molecular formula is C15H24FN3O. The summed E-state index contributed by atoms with van der Waals surface area (Å²) in [4.78, 5) is 14.2. The second-order valence-electron chi connectivity index (χ2n) is 5.76. The van der Waals surface area contributed by atoms with Crippen LogP contribution in [0.2, 0.25) is 0 Å². The number of amides is 1. The number of nitrogens with one attached hydrogen (secondary N) is 1. The van der Waals surface area contributed by atoms with Gasteiger partial charge in [0, 0.05) is 29.4 Å². The average molecular weight is 281 g/mol. The Labute approximate surface area is 120 Å². The molecule has 0 bridgehead atoms. The first-order chi connectivity index (χ1) is 9.22. The molecule has 0 aliphatic carbocycles. The van der Waals surface area contributed by atoms with Gasteiger partial charge in [-0.05, 0) is 39.1 Å². The van der Waals surface area contributed by atoms with E-state index in [9.17, 15) is 9.18 Å². The number of nitrogens with zero attached hydrogens (tertiary/aromatic N) is 1. The Balaban J connectivity index is 2.89. The van der Waals surface area contributed by atoms with Crippen molar-refractivity contribution >= 4 is 11.6 Å². The van der Waals surface area contributed by atoms with Gasteiger partial charge in [0.1, 0.15) is 5.82 Å². The molecule has 0 saturated carbocycles. The van der Waals surface area contributed by atoms with Crippen molar-refractivity contribution in [1.82, 2.24) is 10.2 Å². The van der Waals surface area contributed by atoms with Gasteiger partial charge in [0.15, 0.2) is 0 Å². The third-order valence-corrected chi connectivity index (χ3v) is 3.33. The second-order valence-corrected chi connectivity index (χ2v) is 5.76. The number of hydrogen-bond donors (Lipinski definition) is 2. The predicted octanol–water partition coefficient (Wildman–Crippen LogP) is 2.03. The SMILES string of the molecule is Cc1c(N)cc(C(=O)NC(CN(C)C)C(C)C)cc1F. The molecule has 1 unspecified atom stereocenters. The molecule has 1 amide bonds. The van der Waals surface area contributed by atoms with E-state index in [-0.39, 0.29) is 23.4 Å². The fourth-order valence-electron chi connectivity index (χ4n) is 1.90. The Kier molecular flexibility index (Phi) is 5.51. The number of nitrogen functional groups attached to an aromatic ring is 1. The maximum Gasteiger partial charge on any atom is 0.251 e. The highest BCUT2D eigenvalue weighted by Gasteiger charge is 2.19. The summed E-state index contributed by atoms with van der Waals surface area (Å²) in [7, 11) is 3.90. The first kappa shape index (κ1) is 16.4. The maximum atomic E-state index is 13.6. The van der Waals surface area contributed by atoms with E-state index in [1.165, 1.54) is 12.1 Å². The van der Waals surface area contributed by atoms with Gasteiger partial charge in [0.2, 0.25) is 0 Å². The van der Waals surface area contributed by atoms with Crippen LogP contribution < -0.4 is 11.1 Å². The fourth-order valence-corrected chi connectivity index (χ4v) is 1.90. The number of likely N-dealkylation sites (N-methyl/N-ethyl adjacent to an activating group) is 1. The van der Waals surface area contributed by atoms with Crippen LogP contribution in [0, 0.1) is 18.7 Å². The van der Waals surface area contributed by atoms with Crippen LogP contribution in [-0.2, 0) is 0 Å². The molecule has 0 saturated heterocycles. The zero-order valence-electron chi connectivity index (χ0n) is 12.8. The van der Waals surface area contributed by atoms with Crippen LogP contribution in [0.1, 0.15) is 29.8 Å². The van der Waals surface area contributed by atoms with E-state index in [1.807, 2.05) is 32.8 Å². The lowest BCUT2D eigenvalue weighted by atomic mass is 10.0. The summed E-state index contributed by atoms with van der Waals surface area (Å²) in [6.45, 7) is 6.40. The Hall–Kier alpha value is -1.62. The highest BCUT2D eigenvalue weighted by atomic mass is 19.1. The summed E-state index contributed by atoms with van der Waals surface area (Å²) in [6.07, 6.45) is 0. The van der Waals surface area contributed by atoms with Gasteiger partial charge < -0.3 is 16.0 Å². The standard InChI is InChI=1S/C15H24FN3O/c1-9(2)14(8-19(4)5)18-15(20)11-6-12(16)10(3)13(17)7-11/h6-7,9,14H,8,17H2,1-5H3,(H,18,20). The normalized spacial score (nSPS) is 12.8. The van der Waals surface area contributed by atoms with E-state index in [0.717, 1.165) is 6.54 Å². The minimum atomic E-state index is -0.455. The second kappa shape index (κ2) is 6.70. The molecule has 1 aromatic carbocycles. The molecule has 1 aromatic rings. The number of nitrogens with two attached hydrogens (primary N) is 1. The van der Waals surface area contributed by atoms with Crippen molar-refractivity contribution in [3.63, 3.8) is 0 Å². The summed E-state index contributed by atoms with van der Waals surface area (Å²) >= 11 is 0. The molecule has 112 valence electrons. The molecule has 20 heavy (non-hydrogen) atoms. The number of anilines is 1. The van der Waals surface area contributed by atoms with Crippen molar-refractivity contribution in [3.05, 3.63) is 29.1 Å². The van der Waals surface area contributed by atoms with Crippen LogP contribution in [-0.4, -0.2) is 37.5 Å². The smallest absolute Gasteiger partial charge is 0.251 e. The van der Waals surface area contributed by atoms with Gasteiger partial charge in [-0.3, -0.25) is 4.79 Å². The molecule has 0 aliphatic rings. The van der Waals surface area contributed by atoms with Gasteiger partial charge in [-0.15, -0.1) is 0 Å². The Morgan fingerprint density at radius 1 is 1.40 bits per heavy atom. The molecule has 4 nitrogen and oxygen atoms in total. The number of carbonyl (C=O) groups is 1. The van der Waals surface area contributed by atoms with Gasteiger partial charge in [0.25, 0.3) is 5.91 Å². The molecule has 0 spiro atoms. The zero-order valence-corrected chi connectivity index (χ0v) is 12.8. The van der Waals surface area contributed by atoms with Crippen molar-refractivity contribution in [2.24, 2.45) is 5.92 Å². The molecule has 1 rings (SSSR count). The predicted molar refractivity (Wildman–Crippen MR) is 80.2 cm³/mol. The number of carbonyl (C=O) groups excluding carboxylic acids is 1. The van der Waals surface area contributed by atoms with Crippen molar-refractivity contribution in [2.75, 3.05) is 26.4 Å². The first-order valence-corrected chi connectivity index (χ1v) is 6.73. The molecule has 0 heterocycles. The summed E-state index contributed by atoms with van der Waals surface area (Å²) in [5, 5.41) is 2.94. The summed E-state index contributed by atoms with van der Waals surface area (Å²) in [5.74, 6) is -0.464. The van der Waals surface area contributed by atoms with E-state index < -0.39 is 5.82 Å². The molecule has 0 aliphatic heterocycles. The van der Waals surface area contributed by atoms with E-state index in [0.29, 0.717) is 11.3 Å². The van der Waals surface area contributed by atoms with Crippen molar-refractivity contribution in [2.45, 2.75) is 26.8 Å². The van der Waals surface area contributed by atoms with Crippen LogP contribution in [0.5, 0.6) is 0 Å². The molecule has 0 aromatic heterocycles. The molecule has 0 fully saturated rings. The first-order valence-electron chi connectivity index (χ1n) is 6.73. The van der Waals surface area contributed by atoms with E-state index in [4.69, 9.17) is 5.73 Å². The Morgan fingerprint density at radius 2 is 2.00 bits per heavy atom. The minimum Gasteiger partial charge on any atom is -0.398 e. The number of rotatable bonds is 5. The van der Waals surface area contributed by atoms with Crippen LogP contribution in [0.25, 0.3) is 0 Å². The van der Waals surface area contributed by atoms with Crippen LogP contribution in [0.15, 0.2) is 12.1 Å². The monoisotopic (exact) mass is 281 g/mol. The van der Waals surface area contributed by atoms with Crippen molar-refractivity contribution < 1.29 is 9.18 Å². The van der Waals surface area contributed by atoms with Gasteiger partial charge in [-0.25, -0.2) is 4.39 Å². The van der Waals surface area contributed by atoms with Crippen LogP contribution in [0.3, 0.4) is 0 Å². The van der Waals surface area contributed by atoms with Crippen LogP contribution in [0.4, 0.5) is 10.1 Å². The van der Waals surface area contributed by atoms with Gasteiger partial charge in [-0.1, -0.05) is 13.8 Å². The summed E-state index contributed by atoms with van der Waals surface area (Å²) in [5.41, 5.74) is 6.63. The highest BCUT2D eigenvalue weighted by molar-refractivity contribution is 5.95. The minimum absolute atomic E-state index is 0.00286. The fraction of sp³-hybridized carbons (Fsp3) is 0.533.